The van der Waals surface area contributed by atoms with E-state index in [1.54, 1.807) is 0 Å². The molecule has 0 aromatic heterocycles. The maximum Gasteiger partial charge on any atom is 0.306 e. The van der Waals surface area contributed by atoms with Crippen molar-refractivity contribution in [3.63, 3.8) is 0 Å². The number of hydrogen-bond acceptors (Lipinski definition) is 5. The van der Waals surface area contributed by atoms with Gasteiger partial charge in [0.2, 0.25) is 0 Å². The summed E-state index contributed by atoms with van der Waals surface area (Å²) in [5.74, 6) is -0.588. The van der Waals surface area contributed by atoms with Crippen LogP contribution in [-0.4, -0.2) is 36.4 Å². The quantitative estimate of drug-likeness (QED) is 0.0374. The van der Waals surface area contributed by atoms with Crippen LogP contribution in [0.25, 0.3) is 0 Å². The predicted octanol–water partition coefficient (Wildman–Crippen LogP) is 19.4. The molecule has 386 valence electrons. The van der Waals surface area contributed by atoms with Crippen LogP contribution in [0.15, 0.2) is 85.1 Å². The molecule has 0 aromatic carbocycles. The van der Waals surface area contributed by atoms with Crippen LogP contribution in [0.4, 0.5) is 0 Å². The Hall–Kier alpha value is -2.92. The van der Waals surface area contributed by atoms with Crippen molar-refractivity contribution < 1.29 is 24.2 Å². The van der Waals surface area contributed by atoms with E-state index in [0.717, 1.165) is 77.0 Å². The van der Waals surface area contributed by atoms with Crippen molar-refractivity contribution >= 4 is 11.9 Å². The Morgan fingerprint density at radius 3 is 0.985 bits per heavy atom. The molecule has 0 aliphatic heterocycles. The largest absolute Gasteiger partial charge is 0.462 e. The van der Waals surface area contributed by atoms with Gasteiger partial charge in [-0.2, -0.15) is 0 Å². The van der Waals surface area contributed by atoms with Gasteiger partial charge >= 0.3 is 11.9 Å². The molecule has 0 amide bonds. The maximum atomic E-state index is 12.3. The van der Waals surface area contributed by atoms with Crippen LogP contribution in [0.2, 0.25) is 0 Å². The van der Waals surface area contributed by atoms with E-state index in [9.17, 15) is 14.7 Å². The van der Waals surface area contributed by atoms with Crippen LogP contribution < -0.4 is 0 Å². The minimum absolute atomic E-state index is 0.0680. The van der Waals surface area contributed by atoms with Crippen molar-refractivity contribution in [2.24, 2.45) is 0 Å². The van der Waals surface area contributed by atoms with Gasteiger partial charge < -0.3 is 14.6 Å². The highest BCUT2D eigenvalue weighted by molar-refractivity contribution is 5.70. The molecule has 0 bridgehead atoms. The third kappa shape index (κ3) is 55.6. The molecule has 5 heteroatoms. The van der Waals surface area contributed by atoms with Gasteiger partial charge in [0, 0.05) is 12.8 Å². The van der Waals surface area contributed by atoms with Crippen molar-refractivity contribution in [2.45, 2.75) is 283 Å². The summed E-state index contributed by atoms with van der Waals surface area (Å²) in [6, 6.07) is 0. The fourth-order valence-electron chi connectivity index (χ4n) is 8.14. The van der Waals surface area contributed by atoms with Gasteiger partial charge in [-0.3, -0.25) is 9.59 Å². The van der Waals surface area contributed by atoms with Crippen molar-refractivity contribution in [1.82, 2.24) is 0 Å². The Morgan fingerprint density at radius 2 is 0.642 bits per heavy atom. The molecule has 0 aromatic rings. The van der Waals surface area contributed by atoms with Gasteiger partial charge in [0.15, 0.2) is 6.10 Å². The number of ether oxygens (including phenoxy) is 2. The van der Waals surface area contributed by atoms with Crippen molar-refractivity contribution in [3.8, 4) is 0 Å². The van der Waals surface area contributed by atoms with Crippen LogP contribution in [0.5, 0.6) is 0 Å². The van der Waals surface area contributed by atoms with Gasteiger partial charge in [-0.1, -0.05) is 259 Å². The molecule has 0 heterocycles. The monoisotopic (exact) mass is 933 g/mol. The first-order valence-corrected chi connectivity index (χ1v) is 28.6. The van der Waals surface area contributed by atoms with Crippen LogP contribution in [0.1, 0.15) is 277 Å². The lowest BCUT2D eigenvalue weighted by molar-refractivity contribution is -0.161. The van der Waals surface area contributed by atoms with Crippen LogP contribution >= 0.6 is 0 Å². The number of unbranched alkanes of at least 4 members (excludes halogenated alkanes) is 30. The molecule has 1 N–H and O–H groups in total. The molecule has 0 fully saturated rings. The first kappa shape index (κ1) is 64.1. The zero-order valence-corrected chi connectivity index (χ0v) is 44.1. The lowest BCUT2D eigenvalue weighted by atomic mass is 10.0. The van der Waals surface area contributed by atoms with E-state index >= 15 is 0 Å². The number of carbonyl (C=O) groups is 2. The van der Waals surface area contributed by atoms with Gasteiger partial charge in [-0.15, -0.1) is 0 Å². The molecule has 0 aliphatic carbocycles. The zero-order chi connectivity index (χ0) is 48.5. The van der Waals surface area contributed by atoms with E-state index in [1.165, 1.54) is 173 Å². The van der Waals surface area contributed by atoms with Gasteiger partial charge in [-0.25, -0.2) is 0 Å². The molecule has 67 heavy (non-hydrogen) atoms. The fraction of sp³-hybridized carbons (Fsp3) is 0.742. The van der Waals surface area contributed by atoms with Crippen LogP contribution in [0, 0.1) is 0 Å². The van der Waals surface area contributed by atoms with Gasteiger partial charge in [0.25, 0.3) is 0 Å². The minimum Gasteiger partial charge on any atom is -0.462 e. The highest BCUT2D eigenvalue weighted by Crippen LogP contribution is 2.16. The first-order valence-electron chi connectivity index (χ1n) is 28.6. The number of esters is 2. The average Bonchev–Trinajstić information content (AvgIpc) is 3.33. The normalized spacial score (nSPS) is 12.8. The lowest BCUT2D eigenvalue weighted by Crippen LogP contribution is -2.28. The minimum atomic E-state index is -0.776. The SMILES string of the molecule is CC/C=C\C/C=C\C/C=C\C/C=C\C/C=C\C/C=C\CCCCCCCCCCCCCCCCCCC(=O)OC(CO)COC(=O)CCCCCCCCC/C=C\CCCCCCCCC. The van der Waals surface area contributed by atoms with Gasteiger partial charge in [-0.05, 0) is 89.9 Å². The summed E-state index contributed by atoms with van der Waals surface area (Å²) in [6.45, 7) is 4.04. The summed E-state index contributed by atoms with van der Waals surface area (Å²) in [5, 5.41) is 9.65. The topological polar surface area (TPSA) is 72.8 Å². The number of carbonyl (C=O) groups excluding carboxylic acids is 2. The third-order valence-electron chi connectivity index (χ3n) is 12.4. The summed E-state index contributed by atoms with van der Waals surface area (Å²) >= 11 is 0. The summed E-state index contributed by atoms with van der Waals surface area (Å²) < 4.78 is 10.7. The number of aliphatic hydroxyl groups is 1. The van der Waals surface area contributed by atoms with E-state index in [2.05, 4.69) is 98.9 Å². The molecule has 0 radical (unpaired) electrons. The molecular weight excluding hydrogens is 825 g/mol. The Bertz CT molecular complexity index is 1240. The van der Waals surface area contributed by atoms with Crippen LogP contribution in [0.3, 0.4) is 0 Å². The van der Waals surface area contributed by atoms with Crippen molar-refractivity contribution in [1.29, 1.82) is 0 Å². The highest BCUT2D eigenvalue weighted by atomic mass is 16.6. The molecule has 1 atom stereocenters. The Morgan fingerprint density at radius 1 is 0.358 bits per heavy atom. The maximum absolute atomic E-state index is 12.3. The highest BCUT2D eigenvalue weighted by Gasteiger charge is 2.16. The van der Waals surface area contributed by atoms with Gasteiger partial charge in [0.1, 0.15) is 6.61 Å². The second kappa shape index (κ2) is 57.4. The van der Waals surface area contributed by atoms with E-state index in [4.69, 9.17) is 9.47 Å². The summed E-state index contributed by atoms with van der Waals surface area (Å²) in [5.41, 5.74) is 0. The third-order valence-corrected chi connectivity index (χ3v) is 12.4. The molecule has 0 saturated carbocycles. The second-order valence-electron chi connectivity index (χ2n) is 19.0. The molecule has 0 spiro atoms. The fourth-order valence-corrected chi connectivity index (χ4v) is 8.14. The zero-order valence-electron chi connectivity index (χ0n) is 44.1. The van der Waals surface area contributed by atoms with E-state index < -0.39 is 6.10 Å². The van der Waals surface area contributed by atoms with E-state index in [1.807, 2.05) is 0 Å². The second-order valence-corrected chi connectivity index (χ2v) is 19.0. The van der Waals surface area contributed by atoms with Crippen LogP contribution in [-0.2, 0) is 19.1 Å². The standard InChI is InChI=1S/C62H108O5/c1-3-5-7-9-11-13-15-17-19-21-23-24-25-26-27-28-29-30-31-32-33-34-35-36-37-38-39-41-43-45-47-49-51-53-55-57-62(65)67-60(58-63)59-66-61(64)56-54-52-50-48-46-44-42-40-22-20-18-16-14-12-10-8-6-4-2/h5,7,11,13,17,19-20,22-24,26-27,29-30,60,63H,3-4,6,8-10,12,14-16,18,21,25,28,31-59H2,1-2H3/b7-5-,13-11-,19-17-,22-20-,24-23-,27-26-,30-29-. The Balaban J connectivity index is 3.48. The number of rotatable bonds is 52. The Labute approximate surface area is 416 Å². The average molecular weight is 934 g/mol. The first-order chi connectivity index (χ1) is 33.1. The number of aliphatic hydroxyl groups excluding tert-OH is 1. The molecule has 0 rings (SSSR count). The summed E-state index contributed by atoms with van der Waals surface area (Å²) in [4.78, 5) is 24.5. The molecule has 0 saturated heterocycles. The Kier molecular flexibility index (Phi) is 54.9. The smallest absolute Gasteiger partial charge is 0.306 e. The summed E-state index contributed by atoms with van der Waals surface area (Å²) in [7, 11) is 0. The van der Waals surface area contributed by atoms with Crippen molar-refractivity contribution in [3.05, 3.63) is 85.1 Å². The van der Waals surface area contributed by atoms with Crippen molar-refractivity contribution in [2.75, 3.05) is 13.2 Å². The number of allylic oxidation sites excluding steroid dienone is 14. The lowest BCUT2D eigenvalue weighted by Gasteiger charge is -2.15. The summed E-state index contributed by atoms with van der Waals surface area (Å²) in [6.07, 6.45) is 79.9. The van der Waals surface area contributed by atoms with Gasteiger partial charge in [0.05, 0.1) is 6.61 Å². The number of hydrogen-bond donors (Lipinski definition) is 1. The molecule has 0 aliphatic rings. The molecule has 5 nitrogen and oxygen atoms in total. The van der Waals surface area contributed by atoms with E-state index in [0.29, 0.717) is 12.8 Å². The van der Waals surface area contributed by atoms with E-state index in [-0.39, 0.29) is 25.2 Å². The molecule has 1 unspecified atom stereocenters. The molecular formula is C62H108O5. The predicted molar refractivity (Wildman–Crippen MR) is 293 cm³/mol.